The van der Waals surface area contributed by atoms with Crippen molar-refractivity contribution in [3.05, 3.63) is 103 Å². The smallest absolute Gasteiger partial charge is 0.248 e. The molecule has 0 spiro atoms. The first-order valence-electron chi connectivity index (χ1n) is 9.97. The van der Waals surface area contributed by atoms with Gasteiger partial charge < -0.3 is 15.2 Å². The molecule has 0 saturated heterocycles. The first kappa shape index (κ1) is 20.1. The number of para-hydroxylation sites is 1. The van der Waals surface area contributed by atoms with Gasteiger partial charge in [0.25, 0.3) is 0 Å². The predicted octanol–water partition coefficient (Wildman–Crippen LogP) is 3.87. The van der Waals surface area contributed by atoms with Gasteiger partial charge in [-0.3, -0.25) is 9.59 Å². The highest BCUT2D eigenvalue weighted by atomic mass is 16.2. The van der Waals surface area contributed by atoms with Crippen molar-refractivity contribution in [1.82, 2.24) is 14.9 Å². The molecular weight excluding hydrogens is 388 g/mol. The number of imidazole rings is 1. The first-order chi connectivity index (χ1) is 15.2. The maximum Gasteiger partial charge on any atom is 0.248 e. The van der Waals surface area contributed by atoms with Gasteiger partial charge in [-0.15, -0.1) is 0 Å². The van der Waals surface area contributed by atoms with E-state index in [2.05, 4.69) is 15.6 Å². The fraction of sp³-hybridized carbons (Fsp3) is 0.0800. The van der Waals surface area contributed by atoms with Crippen molar-refractivity contribution < 1.29 is 9.59 Å². The van der Waals surface area contributed by atoms with Crippen LogP contribution in [-0.2, 0) is 16.1 Å². The average Bonchev–Trinajstić information content (AvgIpc) is 3.31. The number of fused-ring (bicyclic) bond motifs is 1. The molecule has 0 fully saturated rings. The Balaban J connectivity index is 1.49. The zero-order valence-corrected chi connectivity index (χ0v) is 16.8. The zero-order valence-electron chi connectivity index (χ0n) is 16.8. The summed E-state index contributed by atoms with van der Waals surface area (Å²) in [5.41, 5.74) is 1.61. The van der Waals surface area contributed by atoms with Crippen LogP contribution in [0.1, 0.15) is 5.56 Å². The Kier molecular flexibility index (Phi) is 6.18. The topological polar surface area (TPSA) is 76.0 Å². The highest BCUT2D eigenvalue weighted by molar-refractivity contribution is 6.01. The number of nitrogens with zero attached hydrogens (tertiary/aromatic N) is 2. The normalized spacial score (nSPS) is 12.0. The van der Waals surface area contributed by atoms with Crippen LogP contribution in [0.15, 0.2) is 97.6 Å². The van der Waals surface area contributed by atoms with Gasteiger partial charge >= 0.3 is 0 Å². The van der Waals surface area contributed by atoms with Gasteiger partial charge in [-0.05, 0) is 34.5 Å². The van der Waals surface area contributed by atoms with Crippen molar-refractivity contribution in [3.8, 4) is 0 Å². The molecule has 4 aromatic rings. The average molecular weight is 410 g/mol. The Bertz CT molecular complexity index is 1200. The predicted molar refractivity (Wildman–Crippen MR) is 122 cm³/mol. The summed E-state index contributed by atoms with van der Waals surface area (Å²) in [6.45, 7) is 0.270. The summed E-state index contributed by atoms with van der Waals surface area (Å²) < 4.78 is 1.75. The number of nitrogens with one attached hydrogen (secondary N) is 2. The molecule has 0 radical (unpaired) electrons. The van der Waals surface area contributed by atoms with Crippen LogP contribution in [0.25, 0.3) is 16.8 Å². The lowest BCUT2D eigenvalue weighted by Crippen LogP contribution is -2.45. The van der Waals surface area contributed by atoms with Gasteiger partial charge in [0.05, 0.1) is 12.9 Å². The molecule has 3 aromatic carbocycles. The van der Waals surface area contributed by atoms with Crippen LogP contribution in [0.5, 0.6) is 0 Å². The molecule has 0 aliphatic heterocycles. The summed E-state index contributed by atoms with van der Waals surface area (Å²) >= 11 is 0. The van der Waals surface area contributed by atoms with E-state index in [0.717, 1.165) is 16.3 Å². The standard InChI is InChI=1S/C25H22N4O2/c30-24(14-13-20-9-6-8-19-7-4-5-12-22(19)20)28-23(17-29-16-15-26-18-29)25(31)27-21-10-2-1-3-11-21/h1-16,18,23H,17H2,(H,27,31)(H,28,30)/b14-13+. The fourth-order valence-corrected chi connectivity index (χ4v) is 3.33. The van der Waals surface area contributed by atoms with E-state index >= 15 is 0 Å². The minimum Gasteiger partial charge on any atom is -0.339 e. The third-order valence-electron chi connectivity index (χ3n) is 4.86. The maximum atomic E-state index is 12.8. The summed E-state index contributed by atoms with van der Waals surface area (Å²) in [7, 11) is 0. The lowest BCUT2D eigenvalue weighted by molar-refractivity contribution is -0.124. The summed E-state index contributed by atoms with van der Waals surface area (Å²) in [4.78, 5) is 29.5. The molecular formula is C25H22N4O2. The van der Waals surface area contributed by atoms with Crippen molar-refractivity contribution in [1.29, 1.82) is 0 Å². The molecule has 0 bridgehead atoms. The summed E-state index contributed by atoms with van der Waals surface area (Å²) in [5, 5.41) is 7.82. The molecule has 0 saturated carbocycles. The summed E-state index contributed by atoms with van der Waals surface area (Å²) in [5.74, 6) is -0.645. The molecule has 2 N–H and O–H groups in total. The second kappa shape index (κ2) is 9.54. The zero-order chi connectivity index (χ0) is 21.5. The second-order valence-electron chi connectivity index (χ2n) is 7.08. The van der Waals surface area contributed by atoms with Crippen LogP contribution in [0.4, 0.5) is 5.69 Å². The summed E-state index contributed by atoms with van der Waals surface area (Å²) in [6.07, 6.45) is 8.22. The number of anilines is 1. The lowest BCUT2D eigenvalue weighted by Gasteiger charge is -2.18. The molecule has 0 aliphatic rings. The Hall–Kier alpha value is -4.19. The van der Waals surface area contributed by atoms with E-state index in [1.165, 1.54) is 6.08 Å². The highest BCUT2D eigenvalue weighted by Crippen LogP contribution is 2.19. The van der Waals surface area contributed by atoms with Gasteiger partial charge in [-0.1, -0.05) is 60.7 Å². The first-order valence-corrected chi connectivity index (χ1v) is 9.97. The number of rotatable bonds is 7. The number of amides is 2. The fourth-order valence-electron chi connectivity index (χ4n) is 3.33. The molecule has 154 valence electrons. The molecule has 1 atom stereocenters. The molecule has 6 nitrogen and oxygen atoms in total. The molecule has 1 heterocycles. The van der Waals surface area contributed by atoms with Gasteiger partial charge in [0, 0.05) is 24.2 Å². The van der Waals surface area contributed by atoms with Crippen LogP contribution >= 0.6 is 0 Å². The third-order valence-corrected chi connectivity index (χ3v) is 4.86. The van der Waals surface area contributed by atoms with Crippen LogP contribution in [-0.4, -0.2) is 27.4 Å². The van der Waals surface area contributed by atoms with E-state index in [-0.39, 0.29) is 18.4 Å². The molecule has 4 rings (SSSR count). The minimum absolute atomic E-state index is 0.270. The van der Waals surface area contributed by atoms with E-state index in [0.29, 0.717) is 5.69 Å². The van der Waals surface area contributed by atoms with Crippen molar-refractivity contribution in [2.75, 3.05) is 5.32 Å². The van der Waals surface area contributed by atoms with Gasteiger partial charge in [-0.25, -0.2) is 4.98 Å². The molecule has 1 unspecified atom stereocenters. The number of hydrogen-bond donors (Lipinski definition) is 2. The SMILES string of the molecule is O=C(/C=C/c1cccc2ccccc12)NC(Cn1ccnc1)C(=O)Nc1ccccc1. The van der Waals surface area contributed by atoms with Crippen LogP contribution < -0.4 is 10.6 Å². The number of aromatic nitrogens is 2. The number of carbonyl (C=O) groups is 2. The van der Waals surface area contributed by atoms with Gasteiger partial charge in [0.2, 0.25) is 11.8 Å². The molecule has 2 amide bonds. The Morgan fingerprint density at radius 1 is 0.968 bits per heavy atom. The highest BCUT2D eigenvalue weighted by Gasteiger charge is 2.20. The van der Waals surface area contributed by atoms with Crippen molar-refractivity contribution in [2.45, 2.75) is 12.6 Å². The van der Waals surface area contributed by atoms with Gasteiger partial charge in [0.15, 0.2) is 0 Å². The lowest BCUT2D eigenvalue weighted by atomic mass is 10.0. The Morgan fingerprint density at radius 2 is 1.74 bits per heavy atom. The molecule has 31 heavy (non-hydrogen) atoms. The Labute approximate surface area is 180 Å². The van der Waals surface area contributed by atoms with Crippen molar-refractivity contribution >= 4 is 34.4 Å². The van der Waals surface area contributed by atoms with E-state index < -0.39 is 6.04 Å². The monoisotopic (exact) mass is 410 g/mol. The minimum atomic E-state index is -0.765. The van der Waals surface area contributed by atoms with Crippen molar-refractivity contribution in [3.63, 3.8) is 0 Å². The molecule has 1 aromatic heterocycles. The number of hydrogen-bond acceptors (Lipinski definition) is 3. The van der Waals surface area contributed by atoms with E-state index in [9.17, 15) is 9.59 Å². The molecule has 6 heteroatoms. The van der Waals surface area contributed by atoms with Gasteiger partial charge in [-0.2, -0.15) is 0 Å². The largest absolute Gasteiger partial charge is 0.339 e. The van der Waals surface area contributed by atoms with Gasteiger partial charge in [0.1, 0.15) is 6.04 Å². The van der Waals surface area contributed by atoms with Crippen LogP contribution in [0.3, 0.4) is 0 Å². The number of benzene rings is 3. The van der Waals surface area contributed by atoms with E-state index in [1.54, 1.807) is 41.5 Å². The van der Waals surface area contributed by atoms with Crippen molar-refractivity contribution in [2.24, 2.45) is 0 Å². The number of carbonyl (C=O) groups excluding carboxylic acids is 2. The second-order valence-corrected chi connectivity index (χ2v) is 7.08. The quantitative estimate of drug-likeness (QED) is 0.454. The van der Waals surface area contributed by atoms with E-state index in [4.69, 9.17) is 0 Å². The third kappa shape index (κ3) is 5.25. The Morgan fingerprint density at radius 3 is 2.55 bits per heavy atom. The maximum absolute atomic E-state index is 12.8. The van der Waals surface area contributed by atoms with Crippen LogP contribution in [0.2, 0.25) is 0 Å². The van der Waals surface area contributed by atoms with Crippen LogP contribution in [0, 0.1) is 0 Å². The molecule has 0 aliphatic carbocycles. The summed E-state index contributed by atoms with van der Waals surface area (Å²) in [6, 6.07) is 22.3. The van der Waals surface area contributed by atoms with E-state index in [1.807, 2.05) is 60.7 Å².